The lowest BCUT2D eigenvalue weighted by Crippen LogP contribution is -2.31. The van der Waals surface area contributed by atoms with E-state index in [9.17, 15) is 8.42 Å². The largest absolute Gasteiger partial charge is 0.315 e. The minimum absolute atomic E-state index is 0.382. The van der Waals surface area contributed by atoms with E-state index in [4.69, 9.17) is 0 Å². The van der Waals surface area contributed by atoms with E-state index in [1.54, 1.807) is 6.07 Å². The quantitative estimate of drug-likeness (QED) is 0.818. The summed E-state index contributed by atoms with van der Waals surface area (Å²) in [5.74, 6) is 0. The Balaban J connectivity index is 3.10. The molecule has 0 saturated carbocycles. The minimum Gasteiger partial charge on any atom is -0.315 e. The molecule has 4 nitrogen and oxygen atoms in total. The van der Waals surface area contributed by atoms with Crippen LogP contribution in [-0.4, -0.2) is 32.9 Å². The van der Waals surface area contributed by atoms with Crippen molar-refractivity contribution in [2.75, 3.05) is 20.1 Å². The van der Waals surface area contributed by atoms with Crippen LogP contribution in [-0.2, 0) is 16.6 Å². The highest BCUT2D eigenvalue weighted by Crippen LogP contribution is 2.33. The molecule has 0 radical (unpaired) electrons. The second-order valence-electron chi connectivity index (χ2n) is 3.88. The summed E-state index contributed by atoms with van der Waals surface area (Å²) >= 11 is 4.82. The molecule has 0 aliphatic carbocycles. The first-order chi connectivity index (χ1) is 8.47. The van der Waals surface area contributed by atoms with Gasteiger partial charge in [-0.15, -0.1) is 11.3 Å². The first-order valence-electron chi connectivity index (χ1n) is 5.90. The third-order valence-electron chi connectivity index (χ3n) is 2.50. The van der Waals surface area contributed by atoms with Gasteiger partial charge < -0.3 is 5.32 Å². The smallest absolute Gasteiger partial charge is 0.245 e. The summed E-state index contributed by atoms with van der Waals surface area (Å²) < 4.78 is 27.1. The number of sulfonamides is 1. The molecule has 0 bridgehead atoms. The molecule has 7 heteroatoms. The second-order valence-corrected chi connectivity index (χ2v) is 8.24. The summed E-state index contributed by atoms with van der Waals surface area (Å²) in [7, 11) is -1.53. The summed E-state index contributed by atoms with van der Waals surface area (Å²) in [6, 6.07) is 1.75. The number of hydrogen-bond acceptors (Lipinski definition) is 4. The summed E-state index contributed by atoms with van der Waals surface area (Å²) in [5, 5.41) is 3.03. The van der Waals surface area contributed by atoms with Crippen LogP contribution in [0.3, 0.4) is 0 Å². The zero-order chi connectivity index (χ0) is 13.8. The van der Waals surface area contributed by atoms with E-state index in [0.717, 1.165) is 11.3 Å². The standard InChI is InChI=1S/C11H19BrN2O2S2/c1-4-6-14(5-2)18(15,16)10-7-9(8-13-3)17-11(10)12/h7,13H,4-6,8H2,1-3H3. The molecule has 0 amide bonds. The van der Waals surface area contributed by atoms with Crippen LogP contribution in [0.5, 0.6) is 0 Å². The van der Waals surface area contributed by atoms with Gasteiger partial charge >= 0.3 is 0 Å². The van der Waals surface area contributed by atoms with Crippen molar-refractivity contribution in [1.82, 2.24) is 9.62 Å². The fourth-order valence-electron chi connectivity index (χ4n) is 1.67. The molecule has 0 atom stereocenters. The Morgan fingerprint density at radius 3 is 2.61 bits per heavy atom. The molecule has 1 heterocycles. The second kappa shape index (κ2) is 7.00. The van der Waals surface area contributed by atoms with Gasteiger partial charge in [-0.25, -0.2) is 8.42 Å². The SMILES string of the molecule is CCCN(CC)S(=O)(=O)c1cc(CNC)sc1Br. The normalized spacial score (nSPS) is 12.3. The Labute approximate surface area is 122 Å². The molecule has 0 spiro atoms. The van der Waals surface area contributed by atoms with Gasteiger partial charge in [0.1, 0.15) is 4.90 Å². The Morgan fingerprint density at radius 2 is 2.11 bits per heavy atom. The first kappa shape index (κ1) is 16.1. The number of nitrogens with zero attached hydrogens (tertiary/aromatic N) is 1. The Bertz CT molecular complexity index is 485. The average molecular weight is 355 g/mol. The number of rotatable bonds is 7. The molecule has 1 aromatic heterocycles. The predicted molar refractivity (Wildman–Crippen MR) is 79.5 cm³/mol. The summed E-state index contributed by atoms with van der Waals surface area (Å²) in [5.41, 5.74) is 0. The van der Waals surface area contributed by atoms with E-state index in [1.165, 1.54) is 15.6 Å². The molecule has 1 aromatic rings. The average Bonchev–Trinajstić information content (AvgIpc) is 2.68. The summed E-state index contributed by atoms with van der Waals surface area (Å²) in [6.07, 6.45) is 0.818. The van der Waals surface area contributed by atoms with Crippen LogP contribution < -0.4 is 5.32 Å². The van der Waals surface area contributed by atoms with Gasteiger partial charge in [-0.1, -0.05) is 13.8 Å². The number of nitrogens with one attached hydrogen (secondary N) is 1. The highest BCUT2D eigenvalue weighted by atomic mass is 79.9. The number of hydrogen-bond donors (Lipinski definition) is 1. The van der Waals surface area contributed by atoms with Gasteiger partial charge in [-0.05, 0) is 35.5 Å². The van der Waals surface area contributed by atoms with Crippen LogP contribution in [0.25, 0.3) is 0 Å². The van der Waals surface area contributed by atoms with E-state index in [2.05, 4.69) is 21.2 Å². The van der Waals surface area contributed by atoms with Crippen molar-refractivity contribution in [2.24, 2.45) is 0 Å². The lowest BCUT2D eigenvalue weighted by molar-refractivity contribution is 0.427. The van der Waals surface area contributed by atoms with Gasteiger partial charge in [0.2, 0.25) is 10.0 Å². The van der Waals surface area contributed by atoms with Crippen LogP contribution in [0.1, 0.15) is 25.1 Å². The molecule has 18 heavy (non-hydrogen) atoms. The van der Waals surface area contributed by atoms with E-state index in [0.29, 0.717) is 28.3 Å². The molecule has 0 aromatic carbocycles. The van der Waals surface area contributed by atoms with Gasteiger partial charge in [0.05, 0.1) is 3.79 Å². The number of thiophene rings is 1. The Morgan fingerprint density at radius 1 is 1.44 bits per heavy atom. The maximum absolute atomic E-state index is 12.5. The highest BCUT2D eigenvalue weighted by Gasteiger charge is 2.26. The molecule has 104 valence electrons. The summed E-state index contributed by atoms with van der Waals surface area (Å²) in [4.78, 5) is 1.39. The first-order valence-corrected chi connectivity index (χ1v) is 8.95. The molecule has 1 N–H and O–H groups in total. The van der Waals surface area contributed by atoms with Gasteiger partial charge in [0.25, 0.3) is 0 Å². The van der Waals surface area contributed by atoms with Crippen molar-refractivity contribution in [1.29, 1.82) is 0 Å². The fraction of sp³-hybridized carbons (Fsp3) is 0.636. The summed E-state index contributed by atoms with van der Waals surface area (Å²) in [6.45, 7) is 5.58. The van der Waals surface area contributed by atoms with E-state index >= 15 is 0 Å². The number of halogens is 1. The van der Waals surface area contributed by atoms with Crippen molar-refractivity contribution in [3.8, 4) is 0 Å². The molecule has 0 aliphatic heterocycles. The van der Waals surface area contributed by atoms with Crippen LogP contribution in [0.15, 0.2) is 14.7 Å². The van der Waals surface area contributed by atoms with Gasteiger partial charge in [0.15, 0.2) is 0 Å². The highest BCUT2D eigenvalue weighted by molar-refractivity contribution is 9.11. The monoisotopic (exact) mass is 354 g/mol. The van der Waals surface area contributed by atoms with E-state index < -0.39 is 10.0 Å². The van der Waals surface area contributed by atoms with Crippen molar-refractivity contribution in [3.63, 3.8) is 0 Å². The lowest BCUT2D eigenvalue weighted by Gasteiger charge is -2.19. The van der Waals surface area contributed by atoms with Crippen LogP contribution in [0.4, 0.5) is 0 Å². The van der Waals surface area contributed by atoms with Gasteiger partial charge in [-0.3, -0.25) is 0 Å². The predicted octanol–water partition coefficient (Wildman–Crippen LogP) is 2.65. The van der Waals surface area contributed by atoms with Crippen LogP contribution in [0.2, 0.25) is 0 Å². The van der Waals surface area contributed by atoms with E-state index in [-0.39, 0.29) is 0 Å². The molecule has 0 fully saturated rings. The third-order valence-corrected chi connectivity index (χ3v) is 6.73. The van der Waals surface area contributed by atoms with Crippen molar-refractivity contribution in [3.05, 3.63) is 14.7 Å². The zero-order valence-electron chi connectivity index (χ0n) is 10.9. The molecule has 0 saturated heterocycles. The van der Waals surface area contributed by atoms with Crippen molar-refractivity contribution < 1.29 is 8.42 Å². The van der Waals surface area contributed by atoms with Crippen molar-refractivity contribution >= 4 is 37.3 Å². The fourth-order valence-corrected chi connectivity index (χ4v) is 5.86. The zero-order valence-corrected chi connectivity index (χ0v) is 14.1. The van der Waals surface area contributed by atoms with Crippen molar-refractivity contribution in [2.45, 2.75) is 31.7 Å². The van der Waals surface area contributed by atoms with Crippen LogP contribution in [0, 0.1) is 0 Å². The molecular formula is C11H19BrN2O2S2. The Kier molecular flexibility index (Phi) is 6.26. The Hall–Kier alpha value is 0.0500. The molecule has 0 unspecified atom stereocenters. The van der Waals surface area contributed by atoms with Gasteiger partial charge in [0, 0.05) is 24.5 Å². The third kappa shape index (κ3) is 3.54. The molecule has 1 rings (SSSR count). The topological polar surface area (TPSA) is 49.4 Å². The maximum atomic E-state index is 12.5. The van der Waals surface area contributed by atoms with E-state index in [1.807, 2.05) is 20.9 Å². The maximum Gasteiger partial charge on any atom is 0.245 e. The van der Waals surface area contributed by atoms with Gasteiger partial charge in [-0.2, -0.15) is 4.31 Å². The molecule has 0 aliphatic rings. The minimum atomic E-state index is -3.37. The van der Waals surface area contributed by atoms with Crippen LogP contribution >= 0.6 is 27.3 Å². The molecular weight excluding hydrogens is 336 g/mol. The lowest BCUT2D eigenvalue weighted by atomic mass is 10.5.